The Morgan fingerprint density at radius 1 is 1.06 bits per heavy atom. The summed E-state index contributed by atoms with van der Waals surface area (Å²) in [4.78, 5) is 42.9. The first-order chi connectivity index (χ1) is 15.0. The quantitative estimate of drug-likeness (QED) is 0.536. The number of amides is 3. The Morgan fingerprint density at radius 2 is 1.74 bits per heavy atom. The van der Waals surface area contributed by atoms with Crippen molar-refractivity contribution in [1.29, 1.82) is 0 Å². The van der Waals surface area contributed by atoms with E-state index in [1.165, 1.54) is 4.90 Å². The van der Waals surface area contributed by atoms with E-state index in [1.807, 2.05) is 18.2 Å². The number of hydrogen-bond donors (Lipinski definition) is 0. The van der Waals surface area contributed by atoms with Gasteiger partial charge in [0.15, 0.2) is 0 Å². The van der Waals surface area contributed by atoms with Gasteiger partial charge in [0.05, 0.1) is 32.1 Å². The van der Waals surface area contributed by atoms with Gasteiger partial charge >= 0.3 is 0 Å². The van der Waals surface area contributed by atoms with Crippen molar-refractivity contribution < 1.29 is 23.9 Å². The summed E-state index contributed by atoms with van der Waals surface area (Å²) in [7, 11) is 3.20. The molecule has 3 fully saturated rings. The second-order valence-electron chi connectivity index (χ2n) is 9.02. The number of likely N-dealkylation sites (tertiary alicyclic amines) is 2. The standard InChI is InChI=1S/C24H28N2O5/c1-13(26-23(28)20-14-6-7-15(11-14)21(20)24(26)29)22(27)25-10-4-5-18(25)17-9-8-16(30-2)12-19(17)31-3/h6-9,12-15,18,20-21H,4-5,10-11H2,1-3H3/t13-,14-,15-,18-,20-,21-/m0/s1. The molecule has 7 nitrogen and oxygen atoms in total. The van der Waals surface area contributed by atoms with Crippen molar-refractivity contribution in [3.8, 4) is 11.5 Å². The predicted octanol–water partition coefficient (Wildman–Crippen LogP) is 2.56. The first-order valence-electron chi connectivity index (χ1n) is 11.0. The predicted molar refractivity (Wildman–Crippen MR) is 112 cm³/mol. The molecule has 1 saturated carbocycles. The number of carbonyl (C=O) groups is 3. The van der Waals surface area contributed by atoms with Crippen molar-refractivity contribution in [2.45, 2.75) is 38.3 Å². The molecule has 1 aromatic rings. The van der Waals surface area contributed by atoms with E-state index in [0.29, 0.717) is 18.0 Å². The minimum atomic E-state index is -0.796. The molecule has 164 valence electrons. The molecule has 0 spiro atoms. The van der Waals surface area contributed by atoms with E-state index in [9.17, 15) is 14.4 Å². The number of ether oxygens (including phenoxy) is 2. The molecule has 0 N–H and O–H groups in total. The number of imide groups is 1. The first-order valence-corrected chi connectivity index (χ1v) is 11.0. The monoisotopic (exact) mass is 424 g/mol. The maximum Gasteiger partial charge on any atom is 0.246 e. The van der Waals surface area contributed by atoms with Crippen molar-refractivity contribution in [3.05, 3.63) is 35.9 Å². The molecule has 6 atom stereocenters. The number of benzene rings is 1. The summed E-state index contributed by atoms with van der Waals surface area (Å²) in [5, 5.41) is 0. The summed E-state index contributed by atoms with van der Waals surface area (Å²) in [5.41, 5.74) is 0.916. The van der Waals surface area contributed by atoms with E-state index < -0.39 is 6.04 Å². The number of methoxy groups -OCH3 is 2. The highest BCUT2D eigenvalue weighted by atomic mass is 16.5. The Hall–Kier alpha value is -2.83. The Morgan fingerprint density at radius 3 is 2.35 bits per heavy atom. The molecule has 2 aliphatic heterocycles. The molecule has 0 aromatic heterocycles. The van der Waals surface area contributed by atoms with Gasteiger partial charge in [0.2, 0.25) is 17.7 Å². The number of allylic oxidation sites excluding steroid dienone is 2. The molecular formula is C24H28N2O5. The maximum absolute atomic E-state index is 13.5. The number of hydrogen-bond acceptors (Lipinski definition) is 5. The number of fused-ring (bicyclic) bond motifs is 5. The van der Waals surface area contributed by atoms with Crippen LogP contribution in [0.3, 0.4) is 0 Å². The third-order valence-corrected chi connectivity index (χ3v) is 7.58. The highest BCUT2D eigenvalue weighted by Gasteiger charge is 2.60. The Kier molecular flexibility index (Phi) is 4.79. The maximum atomic E-state index is 13.5. The Bertz CT molecular complexity index is 943. The molecule has 2 saturated heterocycles. The summed E-state index contributed by atoms with van der Waals surface area (Å²) in [6, 6.07) is 4.66. The fourth-order valence-electron chi connectivity index (χ4n) is 6.11. The van der Waals surface area contributed by atoms with Gasteiger partial charge in [-0.1, -0.05) is 12.2 Å². The highest BCUT2D eigenvalue weighted by molar-refractivity contribution is 6.09. The van der Waals surface area contributed by atoms with Crippen LogP contribution in [-0.2, 0) is 14.4 Å². The lowest BCUT2D eigenvalue weighted by Gasteiger charge is -2.32. The highest BCUT2D eigenvalue weighted by Crippen LogP contribution is 2.53. The van der Waals surface area contributed by atoms with Crippen molar-refractivity contribution in [1.82, 2.24) is 9.80 Å². The van der Waals surface area contributed by atoms with Gasteiger partial charge in [0.1, 0.15) is 17.5 Å². The Balaban J connectivity index is 1.39. The zero-order chi connectivity index (χ0) is 21.9. The van der Waals surface area contributed by atoms with Crippen LogP contribution in [0.5, 0.6) is 11.5 Å². The van der Waals surface area contributed by atoms with Crippen molar-refractivity contribution in [2.75, 3.05) is 20.8 Å². The SMILES string of the molecule is COc1ccc([C@@H]2CCCN2C(=O)[C@H](C)N2C(=O)[C@@H]3[C@@H](C2=O)[C@H]2C=C[C@H]3C2)c(OC)c1. The Labute approximate surface area is 182 Å². The minimum absolute atomic E-state index is 0.141. The normalized spacial score (nSPS) is 32.0. The molecule has 2 aliphatic carbocycles. The van der Waals surface area contributed by atoms with Crippen LogP contribution in [0.4, 0.5) is 0 Å². The number of rotatable bonds is 5. The molecule has 1 aromatic carbocycles. The van der Waals surface area contributed by atoms with Crippen LogP contribution in [0.2, 0.25) is 0 Å². The van der Waals surface area contributed by atoms with Crippen LogP contribution in [0.1, 0.15) is 37.8 Å². The van der Waals surface area contributed by atoms with E-state index in [0.717, 1.165) is 24.8 Å². The van der Waals surface area contributed by atoms with Crippen LogP contribution in [0.25, 0.3) is 0 Å². The summed E-state index contributed by atoms with van der Waals surface area (Å²) in [6.07, 6.45) is 6.69. The first kappa shape index (κ1) is 20.1. The largest absolute Gasteiger partial charge is 0.497 e. The van der Waals surface area contributed by atoms with Gasteiger partial charge in [-0.15, -0.1) is 0 Å². The van der Waals surface area contributed by atoms with E-state index in [2.05, 4.69) is 12.2 Å². The summed E-state index contributed by atoms with van der Waals surface area (Å²) in [5.74, 6) is 0.541. The van der Waals surface area contributed by atoms with Gasteiger partial charge in [0.25, 0.3) is 0 Å². The van der Waals surface area contributed by atoms with Crippen molar-refractivity contribution in [3.63, 3.8) is 0 Å². The molecule has 0 unspecified atom stereocenters. The zero-order valence-electron chi connectivity index (χ0n) is 18.1. The topological polar surface area (TPSA) is 76.2 Å². The summed E-state index contributed by atoms with van der Waals surface area (Å²) >= 11 is 0. The fraction of sp³-hybridized carbons (Fsp3) is 0.542. The van der Waals surface area contributed by atoms with Crippen molar-refractivity contribution >= 4 is 17.7 Å². The molecule has 2 bridgehead atoms. The van der Waals surface area contributed by atoms with Gasteiger partial charge in [-0.25, -0.2) is 0 Å². The molecule has 5 rings (SSSR count). The van der Waals surface area contributed by atoms with Gasteiger partial charge in [0, 0.05) is 18.2 Å². The van der Waals surface area contributed by atoms with E-state index >= 15 is 0 Å². The molecule has 3 amide bonds. The zero-order valence-corrected chi connectivity index (χ0v) is 18.1. The van der Waals surface area contributed by atoms with Gasteiger partial charge in [-0.2, -0.15) is 0 Å². The van der Waals surface area contributed by atoms with Crippen LogP contribution in [0.15, 0.2) is 30.4 Å². The second-order valence-corrected chi connectivity index (χ2v) is 9.02. The average Bonchev–Trinajstić information content (AvgIpc) is 3.56. The minimum Gasteiger partial charge on any atom is -0.497 e. The molecule has 7 heteroatoms. The third-order valence-electron chi connectivity index (χ3n) is 7.58. The van der Waals surface area contributed by atoms with Crippen molar-refractivity contribution in [2.24, 2.45) is 23.7 Å². The van der Waals surface area contributed by atoms with Gasteiger partial charge < -0.3 is 14.4 Å². The fourth-order valence-corrected chi connectivity index (χ4v) is 6.11. The van der Waals surface area contributed by atoms with E-state index in [1.54, 1.807) is 26.0 Å². The second kappa shape index (κ2) is 7.39. The van der Waals surface area contributed by atoms with Crippen LogP contribution >= 0.6 is 0 Å². The van der Waals surface area contributed by atoms with E-state index in [4.69, 9.17) is 9.47 Å². The lowest BCUT2D eigenvalue weighted by atomic mass is 9.85. The summed E-state index contributed by atoms with van der Waals surface area (Å²) < 4.78 is 10.8. The van der Waals surface area contributed by atoms with Gasteiger partial charge in [-0.3, -0.25) is 19.3 Å². The molecular weight excluding hydrogens is 396 g/mol. The third kappa shape index (κ3) is 2.89. The average molecular weight is 424 g/mol. The molecule has 4 aliphatic rings. The molecule has 0 radical (unpaired) electrons. The van der Waals surface area contributed by atoms with Crippen LogP contribution in [-0.4, -0.2) is 54.3 Å². The lowest BCUT2D eigenvalue weighted by Crippen LogP contribution is -2.50. The van der Waals surface area contributed by atoms with Gasteiger partial charge in [-0.05, 0) is 50.2 Å². The summed E-state index contributed by atoms with van der Waals surface area (Å²) in [6.45, 7) is 2.29. The van der Waals surface area contributed by atoms with E-state index in [-0.39, 0.29) is 47.4 Å². The number of carbonyl (C=O) groups excluding carboxylic acids is 3. The lowest BCUT2D eigenvalue weighted by molar-refractivity contribution is -0.152. The van der Waals surface area contributed by atoms with Crippen LogP contribution < -0.4 is 9.47 Å². The molecule has 31 heavy (non-hydrogen) atoms. The number of nitrogens with zero attached hydrogens (tertiary/aromatic N) is 2. The smallest absolute Gasteiger partial charge is 0.246 e. The van der Waals surface area contributed by atoms with Crippen LogP contribution in [0, 0.1) is 23.7 Å². The molecule has 2 heterocycles.